The van der Waals surface area contributed by atoms with E-state index in [1.165, 1.54) is 0 Å². The fourth-order valence-electron chi connectivity index (χ4n) is 0.589. The van der Waals surface area contributed by atoms with Gasteiger partial charge < -0.3 is 4.74 Å². The molecule has 0 amide bonds. The van der Waals surface area contributed by atoms with E-state index in [9.17, 15) is 9.59 Å². The molecule has 0 bridgehead atoms. The summed E-state index contributed by atoms with van der Waals surface area (Å²) in [7, 11) is 0. The maximum atomic E-state index is 11.0. The first-order chi connectivity index (χ1) is 5.13. The summed E-state index contributed by atoms with van der Waals surface area (Å²) in [4.78, 5) is 21.8. The molecule has 0 heterocycles. The molecule has 0 N–H and O–H groups in total. The van der Waals surface area contributed by atoms with Gasteiger partial charge in [-0.25, -0.2) is 4.79 Å². The predicted octanol–water partition coefficient (Wildman–Crippen LogP) is 1.16. The summed E-state index contributed by atoms with van der Waals surface area (Å²) < 4.78 is 4.54. The molecule has 0 aromatic rings. The maximum Gasteiger partial charge on any atom is 0.374 e. The molecule has 3 nitrogen and oxygen atoms in total. The molecule has 0 saturated carbocycles. The number of rotatable bonds is 4. The molecule has 64 valence electrons. The van der Waals surface area contributed by atoms with Crippen molar-refractivity contribution in [2.45, 2.75) is 27.2 Å². The van der Waals surface area contributed by atoms with Crippen molar-refractivity contribution in [3.8, 4) is 0 Å². The zero-order valence-corrected chi connectivity index (χ0v) is 7.22. The first kappa shape index (κ1) is 10.1. The average molecular weight is 158 g/mol. The van der Waals surface area contributed by atoms with E-state index in [2.05, 4.69) is 4.74 Å². The lowest BCUT2D eigenvalue weighted by atomic mass is 10.0. The molecule has 0 spiro atoms. The highest BCUT2D eigenvalue weighted by atomic mass is 16.5. The summed E-state index contributed by atoms with van der Waals surface area (Å²) in [5.74, 6) is -1.34. The lowest BCUT2D eigenvalue weighted by Crippen LogP contribution is -2.23. The summed E-state index contributed by atoms with van der Waals surface area (Å²) >= 11 is 0. The van der Waals surface area contributed by atoms with E-state index in [1.807, 2.05) is 6.92 Å². The quantitative estimate of drug-likeness (QED) is 0.455. The van der Waals surface area contributed by atoms with Crippen LogP contribution in [0.2, 0.25) is 0 Å². The fraction of sp³-hybridized carbons (Fsp3) is 0.750. The van der Waals surface area contributed by atoms with Crippen molar-refractivity contribution in [1.29, 1.82) is 0 Å². The van der Waals surface area contributed by atoms with Crippen LogP contribution in [0.3, 0.4) is 0 Å². The second-order valence-corrected chi connectivity index (χ2v) is 2.39. The van der Waals surface area contributed by atoms with Crippen LogP contribution in [0.1, 0.15) is 27.2 Å². The summed E-state index contributed by atoms with van der Waals surface area (Å²) in [6, 6.07) is 0. The zero-order valence-electron chi connectivity index (χ0n) is 7.22. The summed E-state index contributed by atoms with van der Waals surface area (Å²) in [5, 5.41) is 0. The lowest BCUT2D eigenvalue weighted by molar-refractivity contribution is -0.155. The number of Topliss-reactive ketones (excluding diaryl/α,β-unsaturated/α-hetero) is 1. The van der Waals surface area contributed by atoms with Crippen molar-refractivity contribution in [2.24, 2.45) is 5.92 Å². The molecule has 0 saturated heterocycles. The molecule has 0 aliphatic rings. The average Bonchev–Trinajstić information content (AvgIpc) is 2.02. The van der Waals surface area contributed by atoms with E-state index < -0.39 is 11.8 Å². The molecule has 11 heavy (non-hydrogen) atoms. The van der Waals surface area contributed by atoms with Crippen molar-refractivity contribution in [3.05, 3.63) is 0 Å². The Labute approximate surface area is 66.7 Å². The molecule has 3 heteroatoms. The predicted molar refractivity (Wildman–Crippen MR) is 41.1 cm³/mol. The first-order valence-corrected chi connectivity index (χ1v) is 3.84. The van der Waals surface area contributed by atoms with Crippen molar-refractivity contribution in [2.75, 3.05) is 6.61 Å². The molecular formula is C8H14O3. The van der Waals surface area contributed by atoms with Gasteiger partial charge in [0.25, 0.3) is 0 Å². The van der Waals surface area contributed by atoms with Gasteiger partial charge in [-0.1, -0.05) is 13.8 Å². The molecule has 1 atom stereocenters. The molecule has 0 aromatic heterocycles. The normalized spacial score (nSPS) is 12.3. The van der Waals surface area contributed by atoms with Crippen LogP contribution in [0, 0.1) is 5.92 Å². The summed E-state index contributed by atoms with van der Waals surface area (Å²) in [6.07, 6.45) is 0.678. The van der Waals surface area contributed by atoms with Crippen LogP contribution in [0.15, 0.2) is 0 Å². The van der Waals surface area contributed by atoms with E-state index in [0.29, 0.717) is 6.42 Å². The Morgan fingerprint density at radius 1 is 1.36 bits per heavy atom. The molecule has 0 aliphatic carbocycles. The number of carbonyl (C=O) groups is 2. The van der Waals surface area contributed by atoms with Gasteiger partial charge in [0.05, 0.1) is 6.61 Å². The molecule has 0 radical (unpaired) electrons. The second kappa shape index (κ2) is 4.88. The Hall–Kier alpha value is -0.860. The Bertz CT molecular complexity index is 151. The number of hydrogen-bond acceptors (Lipinski definition) is 3. The molecule has 0 rings (SSSR count). The largest absolute Gasteiger partial charge is 0.460 e. The Morgan fingerprint density at radius 3 is 2.27 bits per heavy atom. The van der Waals surface area contributed by atoms with Gasteiger partial charge in [-0.05, 0) is 13.3 Å². The van der Waals surface area contributed by atoms with Crippen LogP contribution in [0.5, 0.6) is 0 Å². The topological polar surface area (TPSA) is 43.4 Å². The standard InChI is InChI=1S/C8H14O3/c1-4-6(3)7(9)8(10)11-5-2/h6H,4-5H2,1-3H3/t6-/m1/s1. The highest BCUT2D eigenvalue weighted by Crippen LogP contribution is 2.02. The minimum absolute atomic E-state index is 0.214. The van der Waals surface area contributed by atoms with Crippen molar-refractivity contribution < 1.29 is 14.3 Å². The number of hydrogen-bond donors (Lipinski definition) is 0. The zero-order chi connectivity index (χ0) is 8.85. The van der Waals surface area contributed by atoms with Gasteiger partial charge in [0.15, 0.2) is 0 Å². The Morgan fingerprint density at radius 2 is 1.91 bits per heavy atom. The fourth-order valence-corrected chi connectivity index (χ4v) is 0.589. The van der Waals surface area contributed by atoms with Crippen molar-refractivity contribution in [1.82, 2.24) is 0 Å². The van der Waals surface area contributed by atoms with E-state index in [1.54, 1.807) is 13.8 Å². The molecule has 0 aromatic carbocycles. The van der Waals surface area contributed by atoms with Crippen LogP contribution in [-0.4, -0.2) is 18.4 Å². The second-order valence-electron chi connectivity index (χ2n) is 2.39. The third-order valence-corrected chi connectivity index (χ3v) is 1.54. The smallest absolute Gasteiger partial charge is 0.374 e. The van der Waals surface area contributed by atoms with Gasteiger partial charge in [-0.3, -0.25) is 4.79 Å². The van der Waals surface area contributed by atoms with Crippen molar-refractivity contribution >= 4 is 11.8 Å². The monoisotopic (exact) mass is 158 g/mol. The van der Waals surface area contributed by atoms with Crippen LogP contribution in [0.4, 0.5) is 0 Å². The first-order valence-electron chi connectivity index (χ1n) is 3.84. The van der Waals surface area contributed by atoms with Gasteiger partial charge in [-0.15, -0.1) is 0 Å². The minimum Gasteiger partial charge on any atom is -0.460 e. The van der Waals surface area contributed by atoms with E-state index >= 15 is 0 Å². The number of carbonyl (C=O) groups excluding carboxylic acids is 2. The van der Waals surface area contributed by atoms with Gasteiger partial charge in [0, 0.05) is 5.92 Å². The van der Waals surface area contributed by atoms with Crippen LogP contribution >= 0.6 is 0 Å². The van der Waals surface area contributed by atoms with Crippen molar-refractivity contribution in [3.63, 3.8) is 0 Å². The van der Waals surface area contributed by atoms with Gasteiger partial charge >= 0.3 is 5.97 Å². The Kier molecular flexibility index (Phi) is 4.50. The van der Waals surface area contributed by atoms with E-state index in [4.69, 9.17) is 0 Å². The highest BCUT2D eigenvalue weighted by molar-refractivity contribution is 6.34. The highest BCUT2D eigenvalue weighted by Gasteiger charge is 2.20. The van der Waals surface area contributed by atoms with Crippen LogP contribution in [0.25, 0.3) is 0 Å². The number of ketones is 1. The van der Waals surface area contributed by atoms with Crippen LogP contribution in [-0.2, 0) is 14.3 Å². The summed E-state index contributed by atoms with van der Waals surface area (Å²) in [5.41, 5.74) is 0. The molecule has 0 unspecified atom stereocenters. The third-order valence-electron chi connectivity index (χ3n) is 1.54. The SMILES string of the molecule is CCOC(=O)C(=O)[C@H](C)CC. The summed E-state index contributed by atoms with van der Waals surface area (Å²) in [6.45, 7) is 5.53. The lowest BCUT2D eigenvalue weighted by Gasteiger charge is -2.04. The molecule has 0 aliphatic heterocycles. The molecule has 0 fully saturated rings. The number of ether oxygens (including phenoxy) is 1. The van der Waals surface area contributed by atoms with Crippen LogP contribution < -0.4 is 0 Å². The maximum absolute atomic E-state index is 11.0. The van der Waals surface area contributed by atoms with Gasteiger partial charge in [-0.2, -0.15) is 0 Å². The minimum atomic E-state index is -0.707. The van der Waals surface area contributed by atoms with Gasteiger partial charge in [0.2, 0.25) is 5.78 Å². The van der Waals surface area contributed by atoms with E-state index in [-0.39, 0.29) is 12.5 Å². The van der Waals surface area contributed by atoms with Gasteiger partial charge in [0.1, 0.15) is 0 Å². The van der Waals surface area contributed by atoms with E-state index in [0.717, 1.165) is 0 Å². The molecular weight excluding hydrogens is 144 g/mol. The number of esters is 1. The Balaban J connectivity index is 3.92. The third kappa shape index (κ3) is 3.16.